The van der Waals surface area contributed by atoms with Gasteiger partial charge in [-0.3, -0.25) is 14.6 Å². The molecule has 0 unspecified atom stereocenters. The molecule has 1 aliphatic heterocycles. The van der Waals surface area contributed by atoms with E-state index in [0.29, 0.717) is 33.5 Å². The highest BCUT2D eigenvalue weighted by Crippen LogP contribution is 2.33. The van der Waals surface area contributed by atoms with Crippen LogP contribution in [0.25, 0.3) is 21.1 Å². The van der Waals surface area contributed by atoms with Crippen LogP contribution >= 0.6 is 11.3 Å². The number of fused-ring (bicyclic) bond motifs is 2. The van der Waals surface area contributed by atoms with E-state index >= 15 is 0 Å². The summed E-state index contributed by atoms with van der Waals surface area (Å²) in [4.78, 5) is 41.1. The first-order valence-electron chi connectivity index (χ1n) is 19.5. The molecule has 64 heavy (non-hydrogen) atoms. The Morgan fingerprint density at radius 2 is 1.53 bits per heavy atom. The molecule has 0 fully saturated rings. The summed E-state index contributed by atoms with van der Waals surface area (Å²) in [5.41, 5.74) is 6.80. The fraction of sp³-hybridized carbons (Fsp3) is 0.0870. The number of furan rings is 1. The molecule has 0 saturated carbocycles. The van der Waals surface area contributed by atoms with Crippen LogP contribution < -0.4 is 21.2 Å². The van der Waals surface area contributed by atoms with Crippen molar-refractivity contribution in [3.63, 3.8) is 0 Å². The standard InChI is InChI=1S/C46H35FN6O8S3/c1-27-6-10-35(21-38(27)47)63(56,57)33-12-8-29(9-13-33)24-50-45(54)40-20-31-14-15-49-44(43(31)61-40)51-46(55)41-23-37-32(25-48-26-42(37)62-41)18-30-4-3-5-34(19-30)64(58,59)36-11-7-28(2)39(22-36)53-16-17-60-52-53/h3-17,19-23,25-26,52H,18,24H2,1-2H3,(H,50,54)(H,49,51,55). The predicted molar refractivity (Wildman–Crippen MR) is 238 cm³/mol. The summed E-state index contributed by atoms with van der Waals surface area (Å²) in [6.07, 6.45) is 8.27. The summed E-state index contributed by atoms with van der Waals surface area (Å²) in [6.45, 7) is 3.46. The van der Waals surface area contributed by atoms with Crippen molar-refractivity contribution in [3.05, 3.63) is 178 Å². The second-order valence-electron chi connectivity index (χ2n) is 14.8. The Morgan fingerprint density at radius 1 is 0.797 bits per heavy atom. The molecule has 5 heterocycles. The van der Waals surface area contributed by atoms with E-state index in [1.54, 1.807) is 91.2 Å². The number of thiophene rings is 1. The third-order valence-electron chi connectivity index (χ3n) is 10.6. The summed E-state index contributed by atoms with van der Waals surface area (Å²) in [7, 11) is -7.85. The van der Waals surface area contributed by atoms with Crippen molar-refractivity contribution >= 4 is 75.4 Å². The van der Waals surface area contributed by atoms with Crippen LogP contribution in [0.4, 0.5) is 15.9 Å². The van der Waals surface area contributed by atoms with Gasteiger partial charge in [0.15, 0.2) is 17.2 Å². The largest absolute Gasteiger partial charge is 0.447 e. The number of hydrogen-bond donors (Lipinski definition) is 3. The number of halogens is 1. The van der Waals surface area contributed by atoms with Crippen molar-refractivity contribution in [2.45, 2.75) is 46.4 Å². The maximum atomic E-state index is 14.1. The van der Waals surface area contributed by atoms with Gasteiger partial charge in [-0.25, -0.2) is 31.2 Å². The number of carbonyl (C=O) groups excluding carboxylic acids is 2. The molecule has 2 amide bonds. The molecule has 0 aliphatic carbocycles. The molecule has 0 atom stereocenters. The molecule has 8 aromatic rings. The summed E-state index contributed by atoms with van der Waals surface area (Å²) >= 11 is 1.22. The molecule has 0 radical (unpaired) electrons. The van der Waals surface area contributed by atoms with Gasteiger partial charge >= 0.3 is 0 Å². The monoisotopic (exact) mass is 914 g/mol. The van der Waals surface area contributed by atoms with Crippen molar-refractivity contribution < 1.29 is 40.1 Å². The van der Waals surface area contributed by atoms with Crippen LogP contribution in [-0.2, 0) is 37.5 Å². The van der Waals surface area contributed by atoms with Crippen LogP contribution in [-0.4, -0.2) is 38.6 Å². The first-order chi connectivity index (χ1) is 30.7. The quantitative estimate of drug-likeness (QED) is 0.106. The molecule has 4 aromatic heterocycles. The van der Waals surface area contributed by atoms with E-state index in [4.69, 9.17) is 9.25 Å². The molecule has 0 saturated heterocycles. The number of carbonyl (C=O) groups is 2. The Morgan fingerprint density at radius 3 is 2.30 bits per heavy atom. The zero-order chi connectivity index (χ0) is 44.8. The molecule has 9 rings (SSSR count). The lowest BCUT2D eigenvalue weighted by Gasteiger charge is -2.18. The van der Waals surface area contributed by atoms with Crippen molar-refractivity contribution in [2.75, 3.05) is 10.3 Å². The number of anilines is 2. The van der Waals surface area contributed by atoms with E-state index in [1.165, 1.54) is 54.1 Å². The van der Waals surface area contributed by atoms with Gasteiger partial charge in [-0.2, -0.15) is 0 Å². The highest BCUT2D eigenvalue weighted by molar-refractivity contribution is 7.91. The Balaban J connectivity index is 0.876. The van der Waals surface area contributed by atoms with Crippen LogP contribution in [0.1, 0.15) is 48.0 Å². The molecule has 322 valence electrons. The Hall–Kier alpha value is -7.25. The minimum absolute atomic E-state index is 0.0201. The zero-order valence-electron chi connectivity index (χ0n) is 33.8. The van der Waals surface area contributed by atoms with E-state index in [1.807, 2.05) is 13.0 Å². The molecule has 3 N–H and O–H groups in total. The van der Waals surface area contributed by atoms with Gasteiger partial charge < -0.3 is 19.9 Å². The van der Waals surface area contributed by atoms with Crippen LogP contribution in [0.3, 0.4) is 0 Å². The molecule has 0 bridgehead atoms. The van der Waals surface area contributed by atoms with Gasteiger partial charge in [-0.1, -0.05) is 42.0 Å². The number of sulfone groups is 2. The fourth-order valence-electron chi connectivity index (χ4n) is 7.07. The normalized spacial score (nSPS) is 12.8. The second kappa shape index (κ2) is 16.8. The van der Waals surface area contributed by atoms with E-state index < -0.39 is 37.3 Å². The highest BCUT2D eigenvalue weighted by Gasteiger charge is 2.24. The zero-order valence-corrected chi connectivity index (χ0v) is 36.3. The van der Waals surface area contributed by atoms with Gasteiger partial charge in [0.05, 0.1) is 41.0 Å². The van der Waals surface area contributed by atoms with E-state index in [9.17, 15) is 30.8 Å². The topological polar surface area (TPSA) is 190 Å². The molecular formula is C46H35FN6O8S3. The van der Waals surface area contributed by atoms with Crippen molar-refractivity contribution in [3.8, 4) is 0 Å². The average molecular weight is 915 g/mol. The number of aromatic nitrogens is 2. The number of rotatable bonds is 12. The molecule has 18 heteroatoms. The number of hydrogen-bond acceptors (Lipinski definition) is 13. The molecular weight excluding hydrogens is 880 g/mol. The minimum Gasteiger partial charge on any atom is -0.447 e. The van der Waals surface area contributed by atoms with E-state index in [0.717, 1.165) is 32.8 Å². The number of nitrogens with zero attached hydrogens (tertiary/aromatic N) is 3. The van der Waals surface area contributed by atoms with Gasteiger partial charge in [-0.05, 0) is 120 Å². The molecule has 1 aliphatic rings. The van der Waals surface area contributed by atoms with E-state index in [-0.39, 0.29) is 43.3 Å². The summed E-state index contributed by atoms with van der Waals surface area (Å²) in [6, 6.07) is 26.2. The lowest BCUT2D eigenvalue weighted by atomic mass is 10.0. The van der Waals surface area contributed by atoms with Gasteiger partial charge in [0.25, 0.3) is 11.8 Å². The first-order valence-corrected chi connectivity index (χ1v) is 23.3. The van der Waals surface area contributed by atoms with Gasteiger partial charge in [0, 0.05) is 30.5 Å². The summed E-state index contributed by atoms with van der Waals surface area (Å²) in [5, 5.41) is 8.43. The summed E-state index contributed by atoms with van der Waals surface area (Å²) < 4.78 is 74.5. The van der Waals surface area contributed by atoms with E-state index in [2.05, 4.69) is 26.2 Å². The van der Waals surface area contributed by atoms with Gasteiger partial charge in [0.2, 0.25) is 19.7 Å². The molecule has 0 spiro atoms. The first kappa shape index (κ1) is 42.1. The van der Waals surface area contributed by atoms with Crippen molar-refractivity contribution in [1.29, 1.82) is 0 Å². The SMILES string of the molecule is Cc1ccc(S(=O)(=O)c2ccc(CNC(=O)c3cc4ccnc(NC(=O)c5cc6c(Cc7cccc(S(=O)(=O)c8ccc(C)c(N9C=CON9)c8)c7)cncc6s5)c4o3)cc2)cc1F. The third kappa shape index (κ3) is 8.22. The highest BCUT2D eigenvalue weighted by atomic mass is 32.2. The fourth-order valence-corrected chi connectivity index (χ4v) is 10.7. The van der Waals surface area contributed by atoms with Gasteiger partial charge in [-0.15, -0.1) is 11.3 Å². The van der Waals surface area contributed by atoms with Crippen molar-refractivity contribution in [1.82, 2.24) is 20.9 Å². The van der Waals surface area contributed by atoms with Crippen LogP contribution in [0.15, 0.2) is 158 Å². The number of pyridine rings is 2. The Bertz CT molecular complexity index is 3420. The number of amides is 2. The smallest absolute Gasteiger partial charge is 0.287 e. The second-order valence-corrected chi connectivity index (χ2v) is 19.8. The number of benzene rings is 4. The number of hydrazine groups is 1. The lowest BCUT2D eigenvalue weighted by Crippen LogP contribution is -2.27. The number of nitrogens with one attached hydrogen (secondary N) is 3. The Labute approximate surface area is 369 Å². The van der Waals surface area contributed by atoms with Crippen LogP contribution in [0, 0.1) is 19.7 Å². The third-order valence-corrected chi connectivity index (χ3v) is 15.1. The number of aryl methyl sites for hydroxylation is 2. The maximum Gasteiger partial charge on any atom is 0.287 e. The Kier molecular flexibility index (Phi) is 11.0. The lowest BCUT2D eigenvalue weighted by molar-refractivity contribution is 0.0925. The average Bonchev–Trinajstić information content (AvgIpc) is 4.09. The predicted octanol–water partition coefficient (Wildman–Crippen LogP) is 8.36. The van der Waals surface area contributed by atoms with Gasteiger partial charge in [0.1, 0.15) is 12.1 Å². The molecule has 14 nitrogen and oxygen atoms in total. The van der Waals surface area contributed by atoms with Crippen LogP contribution in [0.2, 0.25) is 0 Å². The van der Waals surface area contributed by atoms with Crippen LogP contribution in [0.5, 0.6) is 0 Å². The maximum absolute atomic E-state index is 14.1. The molecule has 4 aromatic carbocycles. The minimum atomic E-state index is -3.96. The summed E-state index contributed by atoms with van der Waals surface area (Å²) in [5.74, 6) is -1.58. The van der Waals surface area contributed by atoms with Crippen molar-refractivity contribution in [2.24, 2.45) is 0 Å².